The van der Waals surface area contributed by atoms with E-state index in [1.54, 1.807) is 4.68 Å². The smallest absolute Gasteiger partial charge is 0.422 e. The molecule has 1 aromatic heterocycles. The SMILES string of the molecule is O=C(Nc1cnn(CC2CCCO2)c1)OCC(F)(F)F. The van der Waals surface area contributed by atoms with Gasteiger partial charge in [0.05, 0.1) is 24.5 Å². The molecule has 1 N–H and O–H groups in total. The summed E-state index contributed by atoms with van der Waals surface area (Å²) in [4.78, 5) is 11.1. The number of nitrogens with zero attached hydrogens (tertiary/aromatic N) is 2. The van der Waals surface area contributed by atoms with E-state index in [4.69, 9.17) is 4.74 Å². The molecule has 1 amide bonds. The second-order valence-corrected chi connectivity index (χ2v) is 4.40. The zero-order chi connectivity index (χ0) is 14.6. The van der Waals surface area contributed by atoms with E-state index >= 15 is 0 Å². The van der Waals surface area contributed by atoms with Crippen molar-refractivity contribution in [3.8, 4) is 0 Å². The molecule has 6 nitrogen and oxygen atoms in total. The normalized spacial score (nSPS) is 19.1. The van der Waals surface area contributed by atoms with Gasteiger partial charge in [-0.1, -0.05) is 0 Å². The lowest BCUT2D eigenvalue weighted by Crippen LogP contribution is -2.23. The highest BCUT2D eigenvalue weighted by Gasteiger charge is 2.29. The topological polar surface area (TPSA) is 65.4 Å². The van der Waals surface area contributed by atoms with Crippen LogP contribution in [0.3, 0.4) is 0 Å². The average molecular weight is 293 g/mol. The molecule has 0 bridgehead atoms. The van der Waals surface area contributed by atoms with E-state index in [2.05, 4.69) is 15.2 Å². The lowest BCUT2D eigenvalue weighted by Gasteiger charge is -2.09. The lowest BCUT2D eigenvalue weighted by atomic mass is 10.2. The van der Waals surface area contributed by atoms with E-state index in [0.29, 0.717) is 6.54 Å². The summed E-state index contributed by atoms with van der Waals surface area (Å²) in [5, 5.41) is 6.16. The van der Waals surface area contributed by atoms with Crippen LogP contribution in [0, 0.1) is 0 Å². The number of ether oxygens (including phenoxy) is 2. The molecule has 1 atom stereocenters. The van der Waals surface area contributed by atoms with Gasteiger partial charge >= 0.3 is 12.3 Å². The number of amides is 1. The third kappa shape index (κ3) is 4.72. The van der Waals surface area contributed by atoms with Crippen molar-refractivity contribution in [3.63, 3.8) is 0 Å². The molecule has 2 heterocycles. The van der Waals surface area contributed by atoms with Crippen LogP contribution in [0.1, 0.15) is 12.8 Å². The van der Waals surface area contributed by atoms with E-state index in [0.717, 1.165) is 19.4 Å². The summed E-state index contributed by atoms with van der Waals surface area (Å²) in [6, 6.07) is 0. The Labute approximate surface area is 112 Å². The first kappa shape index (κ1) is 14.6. The first-order chi connectivity index (χ1) is 9.42. The van der Waals surface area contributed by atoms with Crippen molar-refractivity contribution in [3.05, 3.63) is 12.4 Å². The number of carbonyl (C=O) groups excluding carboxylic acids is 1. The van der Waals surface area contributed by atoms with E-state index in [-0.39, 0.29) is 11.8 Å². The van der Waals surface area contributed by atoms with Crippen molar-refractivity contribution in [2.24, 2.45) is 0 Å². The van der Waals surface area contributed by atoms with Crippen LogP contribution in [-0.2, 0) is 16.0 Å². The van der Waals surface area contributed by atoms with Gasteiger partial charge in [-0.15, -0.1) is 0 Å². The maximum Gasteiger partial charge on any atom is 0.422 e. The summed E-state index contributed by atoms with van der Waals surface area (Å²) in [6.45, 7) is -0.358. The Hall–Kier alpha value is -1.77. The first-order valence-electron chi connectivity index (χ1n) is 6.07. The second kappa shape index (κ2) is 6.12. The van der Waals surface area contributed by atoms with Gasteiger partial charge in [0, 0.05) is 12.8 Å². The maximum atomic E-state index is 11.9. The number of anilines is 1. The van der Waals surface area contributed by atoms with Gasteiger partial charge < -0.3 is 9.47 Å². The zero-order valence-electron chi connectivity index (χ0n) is 10.5. The molecule has 1 aliphatic rings. The van der Waals surface area contributed by atoms with Crippen LogP contribution in [0.15, 0.2) is 12.4 Å². The Morgan fingerprint density at radius 1 is 1.60 bits per heavy atom. The highest BCUT2D eigenvalue weighted by atomic mass is 19.4. The number of hydrogen-bond acceptors (Lipinski definition) is 4. The minimum Gasteiger partial charge on any atom is -0.440 e. The Bertz CT molecular complexity index is 455. The van der Waals surface area contributed by atoms with E-state index in [9.17, 15) is 18.0 Å². The molecular formula is C11H14F3N3O3. The fourth-order valence-electron chi connectivity index (χ4n) is 1.83. The van der Waals surface area contributed by atoms with Gasteiger partial charge in [0.2, 0.25) is 0 Å². The van der Waals surface area contributed by atoms with Gasteiger partial charge in [-0.3, -0.25) is 10.00 Å². The molecule has 9 heteroatoms. The summed E-state index contributed by atoms with van der Waals surface area (Å²) in [6.07, 6.45) is -0.836. The monoisotopic (exact) mass is 293 g/mol. The van der Waals surface area contributed by atoms with Crippen LogP contribution in [0.25, 0.3) is 0 Å². The number of hydrogen-bond donors (Lipinski definition) is 1. The minimum atomic E-state index is -4.54. The quantitative estimate of drug-likeness (QED) is 0.924. The van der Waals surface area contributed by atoms with E-state index in [1.165, 1.54) is 12.4 Å². The standard InChI is InChI=1S/C11H14F3N3O3/c12-11(13,14)7-20-10(18)16-8-4-15-17(5-8)6-9-2-1-3-19-9/h4-5,9H,1-3,6-7H2,(H,16,18). The number of halogens is 3. The molecule has 0 aromatic carbocycles. The molecule has 112 valence electrons. The van der Waals surface area contributed by atoms with Crippen LogP contribution in [0.5, 0.6) is 0 Å². The maximum absolute atomic E-state index is 11.9. The highest BCUT2D eigenvalue weighted by molar-refractivity contribution is 5.84. The molecule has 20 heavy (non-hydrogen) atoms. The molecule has 0 saturated carbocycles. The van der Waals surface area contributed by atoms with E-state index in [1.807, 2.05) is 0 Å². The van der Waals surface area contributed by atoms with Crippen molar-refractivity contribution < 1.29 is 27.4 Å². The number of rotatable bonds is 4. The molecule has 0 radical (unpaired) electrons. The second-order valence-electron chi connectivity index (χ2n) is 4.40. The molecule has 1 saturated heterocycles. The Morgan fingerprint density at radius 2 is 2.40 bits per heavy atom. The minimum absolute atomic E-state index is 0.0833. The molecule has 1 fully saturated rings. The Morgan fingerprint density at radius 3 is 3.05 bits per heavy atom. The number of carbonyl (C=O) groups is 1. The van der Waals surface area contributed by atoms with Gasteiger partial charge in [0.1, 0.15) is 0 Å². The first-order valence-corrected chi connectivity index (χ1v) is 6.07. The molecule has 0 spiro atoms. The van der Waals surface area contributed by atoms with Crippen LogP contribution < -0.4 is 5.32 Å². The lowest BCUT2D eigenvalue weighted by molar-refractivity contribution is -0.159. The highest BCUT2D eigenvalue weighted by Crippen LogP contribution is 2.16. The van der Waals surface area contributed by atoms with Gasteiger partial charge in [0.25, 0.3) is 0 Å². The number of aromatic nitrogens is 2. The molecule has 2 rings (SSSR count). The predicted molar refractivity (Wildman–Crippen MR) is 62.2 cm³/mol. The number of nitrogens with one attached hydrogen (secondary N) is 1. The van der Waals surface area contributed by atoms with Gasteiger partial charge in [-0.05, 0) is 12.8 Å². The van der Waals surface area contributed by atoms with Gasteiger partial charge in [-0.2, -0.15) is 18.3 Å². The van der Waals surface area contributed by atoms with Crippen LogP contribution in [0.4, 0.5) is 23.7 Å². The summed E-state index contributed by atoms with van der Waals surface area (Å²) < 4.78 is 46.6. The van der Waals surface area contributed by atoms with Crippen molar-refractivity contribution in [2.75, 3.05) is 18.5 Å². The summed E-state index contributed by atoms with van der Waals surface area (Å²) in [5.74, 6) is 0. The molecule has 1 unspecified atom stereocenters. The van der Waals surface area contributed by atoms with Crippen LogP contribution in [0.2, 0.25) is 0 Å². The van der Waals surface area contributed by atoms with Crippen LogP contribution in [-0.4, -0.2) is 41.4 Å². The molecular weight excluding hydrogens is 279 g/mol. The van der Waals surface area contributed by atoms with Gasteiger partial charge in [-0.25, -0.2) is 4.79 Å². The summed E-state index contributed by atoms with van der Waals surface area (Å²) in [5.41, 5.74) is 0.273. The summed E-state index contributed by atoms with van der Waals surface area (Å²) in [7, 11) is 0. The molecule has 1 aliphatic heterocycles. The average Bonchev–Trinajstić information content (AvgIpc) is 2.99. The zero-order valence-corrected chi connectivity index (χ0v) is 10.5. The third-order valence-electron chi connectivity index (χ3n) is 2.66. The fraction of sp³-hybridized carbons (Fsp3) is 0.636. The van der Waals surface area contributed by atoms with Crippen molar-refractivity contribution >= 4 is 11.8 Å². The molecule has 1 aromatic rings. The van der Waals surface area contributed by atoms with Gasteiger partial charge in [0.15, 0.2) is 6.61 Å². The fourth-order valence-corrected chi connectivity index (χ4v) is 1.83. The Kier molecular flexibility index (Phi) is 4.48. The Balaban J connectivity index is 1.78. The van der Waals surface area contributed by atoms with Crippen molar-refractivity contribution in [1.82, 2.24) is 9.78 Å². The molecule has 0 aliphatic carbocycles. The summed E-state index contributed by atoms with van der Waals surface area (Å²) >= 11 is 0. The van der Waals surface area contributed by atoms with Crippen molar-refractivity contribution in [2.45, 2.75) is 31.7 Å². The number of alkyl halides is 3. The van der Waals surface area contributed by atoms with E-state index < -0.39 is 18.9 Å². The van der Waals surface area contributed by atoms with Crippen molar-refractivity contribution in [1.29, 1.82) is 0 Å². The third-order valence-corrected chi connectivity index (χ3v) is 2.66. The largest absolute Gasteiger partial charge is 0.440 e. The van der Waals surface area contributed by atoms with Crippen LogP contribution >= 0.6 is 0 Å². The predicted octanol–water partition coefficient (Wildman–Crippen LogP) is 2.17.